The Morgan fingerprint density at radius 2 is 1.42 bits per heavy atom. The van der Waals surface area contributed by atoms with Gasteiger partial charge in [-0.05, 0) is 26.3 Å². The first-order chi connectivity index (χ1) is 11.9. The topological polar surface area (TPSA) is 213 Å². The van der Waals surface area contributed by atoms with Gasteiger partial charge >= 0.3 is 23.9 Å². The van der Waals surface area contributed by atoms with Crippen molar-refractivity contribution >= 4 is 23.9 Å². The number of unbranched alkanes of at least 4 members (excludes halogenated alkanes) is 2. The zero-order chi connectivity index (χ0) is 21.1. The van der Waals surface area contributed by atoms with Crippen LogP contribution in [0.4, 0.5) is 0 Å². The Morgan fingerprint density at radius 3 is 1.73 bits per heavy atom. The highest BCUT2D eigenvalue weighted by molar-refractivity contribution is 5.74. The SMILES string of the molecule is CC(N)C(=O)O.CCCCCNCC(=O)O.NC(CCC(=O)O)C(=O)O. The molecule has 2 atom stereocenters. The fourth-order valence-electron chi connectivity index (χ4n) is 1.10. The third-order valence-electron chi connectivity index (χ3n) is 2.61. The van der Waals surface area contributed by atoms with Gasteiger partial charge in [0, 0.05) is 6.42 Å². The maximum Gasteiger partial charge on any atom is 0.320 e. The summed E-state index contributed by atoms with van der Waals surface area (Å²) in [5, 5.41) is 35.2. The third-order valence-corrected chi connectivity index (χ3v) is 2.61. The second kappa shape index (κ2) is 19.1. The molecule has 0 aromatic heterocycles. The molecule has 0 aliphatic rings. The monoisotopic (exact) mass is 381 g/mol. The number of hydrogen-bond donors (Lipinski definition) is 7. The van der Waals surface area contributed by atoms with Crippen molar-refractivity contribution in [3.05, 3.63) is 0 Å². The van der Waals surface area contributed by atoms with Crippen LogP contribution in [0.25, 0.3) is 0 Å². The van der Waals surface area contributed by atoms with Crippen molar-refractivity contribution in [1.29, 1.82) is 0 Å². The molecule has 0 bridgehead atoms. The van der Waals surface area contributed by atoms with Crippen molar-refractivity contribution in [3.8, 4) is 0 Å². The number of hydrogen-bond acceptors (Lipinski definition) is 7. The molecule has 0 amide bonds. The molecule has 2 unspecified atom stereocenters. The summed E-state index contributed by atoms with van der Waals surface area (Å²) in [5.74, 6) is -3.94. The van der Waals surface area contributed by atoms with E-state index in [4.69, 9.17) is 31.9 Å². The first-order valence-electron chi connectivity index (χ1n) is 8.06. The van der Waals surface area contributed by atoms with Crippen molar-refractivity contribution in [3.63, 3.8) is 0 Å². The number of carboxylic acids is 4. The Bertz CT molecular complexity index is 416. The van der Waals surface area contributed by atoms with E-state index in [1.165, 1.54) is 19.8 Å². The normalized spacial score (nSPS) is 11.7. The summed E-state index contributed by atoms with van der Waals surface area (Å²) in [4.78, 5) is 39.4. The van der Waals surface area contributed by atoms with Gasteiger partial charge in [-0.2, -0.15) is 0 Å². The Morgan fingerprint density at radius 1 is 0.923 bits per heavy atom. The van der Waals surface area contributed by atoms with Gasteiger partial charge in [0.25, 0.3) is 0 Å². The lowest BCUT2D eigenvalue weighted by Crippen LogP contribution is -2.30. The number of nitrogens with two attached hydrogens (primary N) is 2. The first kappa shape index (κ1) is 28.6. The molecule has 0 fully saturated rings. The van der Waals surface area contributed by atoms with E-state index < -0.39 is 36.0 Å². The molecule has 0 spiro atoms. The number of nitrogens with one attached hydrogen (secondary N) is 1. The highest BCUT2D eigenvalue weighted by Crippen LogP contribution is 1.93. The minimum atomic E-state index is -1.17. The zero-order valence-electron chi connectivity index (χ0n) is 15.2. The summed E-state index contributed by atoms with van der Waals surface area (Å²) in [6.45, 7) is 4.45. The summed E-state index contributed by atoms with van der Waals surface area (Å²) in [5.41, 5.74) is 9.84. The molecule has 0 saturated heterocycles. The summed E-state index contributed by atoms with van der Waals surface area (Å²) >= 11 is 0. The Kier molecular flexibility index (Phi) is 21.0. The van der Waals surface area contributed by atoms with Gasteiger partial charge in [0.1, 0.15) is 12.1 Å². The van der Waals surface area contributed by atoms with Crippen LogP contribution in [0.15, 0.2) is 0 Å². The predicted octanol–water partition coefficient (Wildman–Crippen LogP) is -0.468. The van der Waals surface area contributed by atoms with Gasteiger partial charge < -0.3 is 37.2 Å². The number of rotatable bonds is 11. The van der Waals surface area contributed by atoms with E-state index in [9.17, 15) is 19.2 Å². The average molecular weight is 381 g/mol. The summed E-state index contributed by atoms with van der Waals surface area (Å²) < 4.78 is 0. The van der Waals surface area contributed by atoms with Gasteiger partial charge in [0.15, 0.2) is 0 Å². The van der Waals surface area contributed by atoms with Crippen LogP contribution in [-0.4, -0.2) is 69.5 Å². The highest BCUT2D eigenvalue weighted by atomic mass is 16.4. The van der Waals surface area contributed by atoms with E-state index in [1.54, 1.807) is 0 Å². The fraction of sp³-hybridized carbons (Fsp3) is 0.733. The van der Waals surface area contributed by atoms with Crippen molar-refractivity contribution < 1.29 is 39.6 Å². The van der Waals surface area contributed by atoms with Crippen LogP contribution in [0.1, 0.15) is 46.0 Å². The van der Waals surface area contributed by atoms with Crippen molar-refractivity contribution in [2.75, 3.05) is 13.1 Å². The Balaban J connectivity index is -0.000000316. The molecule has 9 N–H and O–H groups in total. The van der Waals surface area contributed by atoms with E-state index in [2.05, 4.69) is 12.2 Å². The number of carboxylic acid groups (broad SMARTS) is 4. The second-order valence-corrected chi connectivity index (χ2v) is 5.28. The quantitative estimate of drug-likeness (QED) is 0.227. The maximum atomic E-state index is 9.99. The van der Waals surface area contributed by atoms with Gasteiger partial charge in [-0.15, -0.1) is 0 Å². The number of carbonyl (C=O) groups is 4. The third kappa shape index (κ3) is 29.7. The molecule has 11 nitrogen and oxygen atoms in total. The summed E-state index contributed by atoms with van der Waals surface area (Å²) in [6.07, 6.45) is 3.20. The van der Waals surface area contributed by atoms with Gasteiger partial charge in [-0.25, -0.2) is 0 Å². The molecule has 154 valence electrons. The van der Waals surface area contributed by atoms with Crippen LogP contribution >= 0.6 is 0 Å². The smallest absolute Gasteiger partial charge is 0.320 e. The van der Waals surface area contributed by atoms with Crippen molar-refractivity contribution in [1.82, 2.24) is 5.32 Å². The van der Waals surface area contributed by atoms with Gasteiger partial charge in [-0.3, -0.25) is 19.2 Å². The molecule has 0 radical (unpaired) electrons. The van der Waals surface area contributed by atoms with Crippen LogP contribution in [-0.2, 0) is 19.2 Å². The van der Waals surface area contributed by atoms with Gasteiger partial charge in [0.2, 0.25) is 0 Å². The summed E-state index contributed by atoms with van der Waals surface area (Å²) in [7, 11) is 0. The minimum absolute atomic E-state index is 0.0231. The van der Waals surface area contributed by atoms with Crippen molar-refractivity contribution in [2.24, 2.45) is 11.5 Å². The molecule has 26 heavy (non-hydrogen) atoms. The predicted molar refractivity (Wildman–Crippen MR) is 93.8 cm³/mol. The Hall–Kier alpha value is -2.24. The standard InChI is InChI=1S/C7H15NO2.C5H9NO4.C3H7NO2/c1-2-3-4-5-8-6-7(9)10;6-3(5(9)10)1-2-4(7)8;1-2(4)3(5)6/h8H,2-6H2,1H3,(H,9,10);3H,1-2,6H2,(H,7,8)(H,9,10);2H,4H2,1H3,(H,5,6). The molecule has 0 heterocycles. The molecule has 11 heteroatoms. The van der Waals surface area contributed by atoms with E-state index in [0.717, 1.165) is 13.0 Å². The second-order valence-electron chi connectivity index (χ2n) is 5.28. The molecule has 0 aromatic rings. The summed E-state index contributed by atoms with van der Waals surface area (Å²) in [6, 6.07) is -1.79. The molecule has 0 saturated carbocycles. The number of aliphatic carboxylic acids is 4. The van der Waals surface area contributed by atoms with Gasteiger partial charge in [0.05, 0.1) is 6.54 Å². The van der Waals surface area contributed by atoms with Crippen LogP contribution < -0.4 is 16.8 Å². The minimum Gasteiger partial charge on any atom is -0.481 e. The maximum absolute atomic E-state index is 9.99. The lowest BCUT2D eigenvalue weighted by molar-refractivity contribution is -0.140. The van der Waals surface area contributed by atoms with Crippen LogP contribution in [0.5, 0.6) is 0 Å². The lowest BCUT2D eigenvalue weighted by Gasteiger charge is -2.01. The first-order valence-corrected chi connectivity index (χ1v) is 8.06. The van der Waals surface area contributed by atoms with Gasteiger partial charge in [-0.1, -0.05) is 19.8 Å². The molecule has 0 rings (SSSR count). The fourth-order valence-corrected chi connectivity index (χ4v) is 1.10. The van der Waals surface area contributed by atoms with Crippen molar-refractivity contribution in [2.45, 2.75) is 58.0 Å². The average Bonchev–Trinajstić information content (AvgIpc) is 2.53. The molecule has 0 aliphatic carbocycles. The van der Waals surface area contributed by atoms with E-state index >= 15 is 0 Å². The largest absolute Gasteiger partial charge is 0.481 e. The van der Waals surface area contributed by atoms with E-state index in [-0.39, 0.29) is 19.4 Å². The lowest BCUT2D eigenvalue weighted by atomic mass is 10.2. The highest BCUT2D eigenvalue weighted by Gasteiger charge is 2.12. The molecule has 0 aliphatic heterocycles. The molecular weight excluding hydrogens is 350 g/mol. The Labute approximate surface area is 152 Å². The van der Waals surface area contributed by atoms with Crippen LogP contribution in [0.2, 0.25) is 0 Å². The zero-order valence-corrected chi connectivity index (χ0v) is 15.2. The van der Waals surface area contributed by atoms with Crippen LogP contribution in [0.3, 0.4) is 0 Å². The van der Waals surface area contributed by atoms with E-state index in [0.29, 0.717) is 0 Å². The molecule has 0 aromatic carbocycles. The van der Waals surface area contributed by atoms with Crippen LogP contribution in [0, 0.1) is 0 Å². The molecular formula is C15H31N3O8. The van der Waals surface area contributed by atoms with E-state index in [1.807, 2.05) is 0 Å².